The summed E-state index contributed by atoms with van der Waals surface area (Å²) < 4.78 is 0. The van der Waals surface area contributed by atoms with Gasteiger partial charge in [-0.15, -0.1) is 0 Å². The van der Waals surface area contributed by atoms with Crippen molar-refractivity contribution in [3.63, 3.8) is 0 Å². The average molecular weight is 531 g/mol. The van der Waals surface area contributed by atoms with Gasteiger partial charge in [0.1, 0.15) is 25.1 Å². The van der Waals surface area contributed by atoms with Gasteiger partial charge in [-0.05, 0) is 94.3 Å². The molecule has 218 valence electrons. The molecule has 4 heteroatoms. The number of rotatable bonds is 4. The predicted octanol–water partition coefficient (Wildman–Crippen LogP) is 8.46. The Bertz CT molecular complexity index is 691. The van der Waals surface area contributed by atoms with E-state index in [0.717, 1.165) is 76.1 Å². The molecule has 3 aliphatic carbocycles. The highest BCUT2D eigenvalue weighted by Crippen LogP contribution is 2.32. The van der Waals surface area contributed by atoms with Gasteiger partial charge in [-0.3, -0.25) is 0 Å². The molecule has 4 nitrogen and oxygen atoms in total. The molecule has 2 saturated carbocycles. The van der Waals surface area contributed by atoms with Gasteiger partial charge in [0.2, 0.25) is 0 Å². The fourth-order valence-corrected chi connectivity index (χ4v) is 6.21. The van der Waals surface area contributed by atoms with Gasteiger partial charge in [0.05, 0.1) is 0 Å². The fourth-order valence-electron chi connectivity index (χ4n) is 6.21. The van der Waals surface area contributed by atoms with Crippen LogP contribution in [0.25, 0.3) is 0 Å². The number of carbonyl (C=O) groups is 4. The number of hydrogen-bond acceptors (Lipinski definition) is 4. The maximum atomic E-state index is 10.8. The van der Waals surface area contributed by atoms with Crippen molar-refractivity contribution in [3.8, 4) is 0 Å². The molecule has 0 heterocycles. The molecule has 0 N–H and O–H groups in total. The number of carbonyl (C=O) groups excluding carboxylic acids is 4. The van der Waals surface area contributed by atoms with Gasteiger partial charge in [-0.25, -0.2) is 0 Å². The zero-order chi connectivity index (χ0) is 28.5. The first-order chi connectivity index (χ1) is 18.2. The van der Waals surface area contributed by atoms with Crippen LogP contribution in [-0.4, -0.2) is 25.1 Å². The van der Waals surface area contributed by atoms with E-state index in [1.165, 1.54) is 44.0 Å². The van der Waals surface area contributed by atoms with Crippen LogP contribution in [0.5, 0.6) is 0 Å². The minimum Gasteiger partial charge on any atom is -0.303 e. The van der Waals surface area contributed by atoms with Crippen molar-refractivity contribution < 1.29 is 19.2 Å². The monoisotopic (exact) mass is 530 g/mol. The zero-order valence-electron chi connectivity index (χ0n) is 25.4. The Balaban J connectivity index is 0.000000286. The molecule has 0 saturated heterocycles. The summed E-state index contributed by atoms with van der Waals surface area (Å²) in [6.07, 6.45) is 21.5. The highest BCUT2D eigenvalue weighted by Gasteiger charge is 2.26. The van der Waals surface area contributed by atoms with Gasteiger partial charge in [-0.2, -0.15) is 0 Å². The van der Waals surface area contributed by atoms with Gasteiger partial charge in [0, 0.05) is 23.7 Å². The third kappa shape index (κ3) is 13.0. The van der Waals surface area contributed by atoms with Crippen molar-refractivity contribution in [2.24, 2.45) is 53.3 Å². The van der Waals surface area contributed by atoms with Crippen molar-refractivity contribution in [2.75, 3.05) is 0 Å². The second-order valence-corrected chi connectivity index (χ2v) is 13.0. The Morgan fingerprint density at radius 1 is 0.526 bits per heavy atom. The molecule has 0 radical (unpaired) electrons. The van der Waals surface area contributed by atoms with Gasteiger partial charge < -0.3 is 19.2 Å². The van der Waals surface area contributed by atoms with Crippen LogP contribution in [0.15, 0.2) is 11.6 Å². The van der Waals surface area contributed by atoms with Crippen LogP contribution in [0.3, 0.4) is 0 Å². The summed E-state index contributed by atoms with van der Waals surface area (Å²) in [4.78, 5) is 43.1. The summed E-state index contributed by atoms with van der Waals surface area (Å²) in [6, 6.07) is 0. The first kappa shape index (κ1) is 34.4. The van der Waals surface area contributed by atoms with Crippen LogP contribution < -0.4 is 0 Å². The highest BCUT2D eigenvalue weighted by atomic mass is 16.1. The lowest BCUT2D eigenvalue weighted by molar-refractivity contribution is -0.115. The molecule has 9 unspecified atom stereocenters. The fraction of sp³-hybridized carbons (Fsp3) is 0.824. The second kappa shape index (κ2) is 19.5. The molecule has 0 spiro atoms. The lowest BCUT2D eigenvalue weighted by Crippen LogP contribution is -2.23. The molecule has 0 bridgehead atoms. The van der Waals surface area contributed by atoms with Crippen LogP contribution >= 0.6 is 0 Å². The molecule has 0 aromatic heterocycles. The minimum atomic E-state index is 0.213. The van der Waals surface area contributed by atoms with E-state index < -0.39 is 0 Å². The molecule has 38 heavy (non-hydrogen) atoms. The van der Waals surface area contributed by atoms with Crippen molar-refractivity contribution in [2.45, 2.75) is 125 Å². The summed E-state index contributed by atoms with van der Waals surface area (Å²) in [6.45, 7) is 13.1. The maximum absolute atomic E-state index is 10.8. The van der Waals surface area contributed by atoms with Crippen molar-refractivity contribution in [1.29, 1.82) is 0 Å². The molecule has 2 fully saturated rings. The van der Waals surface area contributed by atoms with Crippen LogP contribution in [0.2, 0.25) is 0 Å². The standard InChI is InChI=1S/C12H20O2.C11H20O.C11H18O/c1-9-3-5-12(8-14)10(2)4-6-11(9)7-13;2*1-9-4-3-5-10(2)11(8-12)7-6-9/h7-12H,3-6H2,1-2H3;8-11H,3-7H2,1-2H3;4,8,10-11H,3,5-7H2,1-2H3/b;;9-4-. The first-order valence-electron chi connectivity index (χ1n) is 15.6. The van der Waals surface area contributed by atoms with Crippen molar-refractivity contribution in [1.82, 2.24) is 0 Å². The smallest absolute Gasteiger partial charge is 0.123 e. The molecule has 0 aliphatic heterocycles. The van der Waals surface area contributed by atoms with Crippen LogP contribution in [0.1, 0.15) is 125 Å². The van der Waals surface area contributed by atoms with Crippen LogP contribution in [-0.2, 0) is 19.2 Å². The topological polar surface area (TPSA) is 68.3 Å². The lowest BCUT2D eigenvalue weighted by Gasteiger charge is -2.28. The average Bonchev–Trinajstić information content (AvgIpc) is 2.88. The van der Waals surface area contributed by atoms with E-state index in [4.69, 9.17) is 0 Å². The number of hydrogen-bond donors (Lipinski definition) is 0. The number of aldehydes is 4. The normalized spacial score (nSPS) is 38.1. The summed E-state index contributed by atoms with van der Waals surface area (Å²) in [5, 5.41) is 0. The van der Waals surface area contributed by atoms with Gasteiger partial charge in [0.15, 0.2) is 0 Å². The Morgan fingerprint density at radius 3 is 1.45 bits per heavy atom. The third-order valence-corrected chi connectivity index (χ3v) is 9.87. The largest absolute Gasteiger partial charge is 0.303 e. The zero-order valence-corrected chi connectivity index (χ0v) is 25.4. The van der Waals surface area contributed by atoms with E-state index in [1.807, 2.05) is 0 Å². The predicted molar refractivity (Wildman–Crippen MR) is 158 cm³/mol. The van der Waals surface area contributed by atoms with Crippen molar-refractivity contribution in [3.05, 3.63) is 11.6 Å². The lowest BCUT2D eigenvalue weighted by atomic mass is 9.76. The Hall–Kier alpha value is -1.58. The number of allylic oxidation sites excluding steroid dienone is 2. The Labute approximate surface area is 234 Å². The van der Waals surface area contributed by atoms with E-state index in [2.05, 4.69) is 47.6 Å². The molecule has 0 aromatic carbocycles. The van der Waals surface area contributed by atoms with Gasteiger partial charge >= 0.3 is 0 Å². The SMILES string of the molecule is C/C1=C/CCC(C)C(C=O)CC1.CC1CCC(C=O)C(C)CCC1C=O.CC1CCCC(C)C(C=O)CC1. The summed E-state index contributed by atoms with van der Waals surface area (Å²) in [7, 11) is 0. The Morgan fingerprint density at radius 2 is 0.947 bits per heavy atom. The summed E-state index contributed by atoms with van der Waals surface area (Å²) in [5.74, 6) is 3.99. The Kier molecular flexibility index (Phi) is 17.7. The minimum absolute atomic E-state index is 0.213. The van der Waals surface area contributed by atoms with Crippen LogP contribution in [0.4, 0.5) is 0 Å². The van der Waals surface area contributed by atoms with Crippen LogP contribution in [0, 0.1) is 53.3 Å². The summed E-state index contributed by atoms with van der Waals surface area (Å²) >= 11 is 0. The quantitative estimate of drug-likeness (QED) is 0.270. The molecule has 0 aromatic rings. The van der Waals surface area contributed by atoms with E-state index >= 15 is 0 Å². The van der Waals surface area contributed by atoms with E-state index in [-0.39, 0.29) is 11.8 Å². The van der Waals surface area contributed by atoms with Crippen molar-refractivity contribution >= 4 is 25.1 Å². The van der Waals surface area contributed by atoms with E-state index in [1.54, 1.807) is 0 Å². The van der Waals surface area contributed by atoms with E-state index in [9.17, 15) is 19.2 Å². The molecule has 3 rings (SSSR count). The maximum Gasteiger partial charge on any atom is 0.123 e. The molecular formula is C34H58O4. The van der Waals surface area contributed by atoms with Gasteiger partial charge in [-0.1, -0.05) is 72.0 Å². The highest BCUT2D eigenvalue weighted by molar-refractivity contribution is 5.56. The summed E-state index contributed by atoms with van der Waals surface area (Å²) in [5.41, 5.74) is 1.45. The molecule has 3 aliphatic rings. The van der Waals surface area contributed by atoms with E-state index in [0.29, 0.717) is 35.5 Å². The molecule has 9 atom stereocenters. The second-order valence-electron chi connectivity index (χ2n) is 13.0. The third-order valence-electron chi connectivity index (χ3n) is 9.87. The first-order valence-corrected chi connectivity index (χ1v) is 15.6. The van der Waals surface area contributed by atoms with Gasteiger partial charge in [0.25, 0.3) is 0 Å². The molecular weight excluding hydrogens is 472 g/mol. The molecule has 0 amide bonds.